The summed E-state index contributed by atoms with van der Waals surface area (Å²) in [6.45, 7) is -0.0698. The summed E-state index contributed by atoms with van der Waals surface area (Å²) in [5.41, 5.74) is 1.09. The van der Waals surface area contributed by atoms with Gasteiger partial charge in [-0.3, -0.25) is 19.2 Å². The number of carbonyl (C=O) groups excluding carboxylic acids is 2. The molecule has 0 saturated heterocycles. The topological polar surface area (TPSA) is 119 Å². The fourth-order valence-electron chi connectivity index (χ4n) is 2.67. The van der Waals surface area contributed by atoms with Crippen LogP contribution in [0.4, 0.5) is 10.8 Å². The number of halogens is 2. The summed E-state index contributed by atoms with van der Waals surface area (Å²) in [7, 11) is -2.39. The van der Waals surface area contributed by atoms with Crippen LogP contribution in [-0.2, 0) is 26.1 Å². The first kappa shape index (κ1) is 26.2. The van der Waals surface area contributed by atoms with Crippen LogP contribution in [0, 0.1) is 0 Å². The first-order valence-corrected chi connectivity index (χ1v) is 13.8. The number of nitrogens with one attached hydrogen (secondary N) is 1. The number of nitrogens with zero attached hydrogens (tertiary/aromatic N) is 3. The average molecular weight is 561 g/mol. The van der Waals surface area contributed by atoms with Crippen LogP contribution in [-0.4, -0.2) is 49.6 Å². The van der Waals surface area contributed by atoms with Gasteiger partial charge in [-0.15, -0.1) is 10.2 Å². The highest BCUT2D eigenvalue weighted by molar-refractivity contribution is 8.01. The van der Waals surface area contributed by atoms with Crippen molar-refractivity contribution in [3.05, 3.63) is 63.6 Å². The standard InChI is InChI=1S/C20H18Cl2N4O5S3/c1-31-17(27)11-32-20-25-24-19(33-20)23-18(28)12-6-8-13(9-7-12)26(34(2,29)30)10-14-15(21)4-3-5-16(14)22/h3-9H,10-11H2,1-2H3,(H,23,24,28). The molecule has 0 fully saturated rings. The van der Waals surface area contributed by atoms with Crippen LogP contribution < -0.4 is 9.62 Å². The predicted molar refractivity (Wildman–Crippen MR) is 135 cm³/mol. The van der Waals surface area contributed by atoms with Crippen LogP contribution in [0.1, 0.15) is 15.9 Å². The first-order valence-electron chi connectivity index (χ1n) is 9.43. The Hall–Kier alpha value is -2.38. The Morgan fingerprint density at radius 3 is 2.35 bits per heavy atom. The molecule has 2 aromatic carbocycles. The number of amides is 1. The molecule has 0 aliphatic heterocycles. The molecule has 3 rings (SSSR count). The lowest BCUT2D eigenvalue weighted by Crippen LogP contribution is -2.29. The number of rotatable bonds is 9. The van der Waals surface area contributed by atoms with E-state index >= 15 is 0 Å². The predicted octanol–water partition coefficient (Wildman–Crippen LogP) is 4.33. The molecule has 0 spiro atoms. The molecule has 0 aliphatic rings. The quantitative estimate of drug-likeness (QED) is 0.233. The fraction of sp³-hybridized carbons (Fsp3) is 0.200. The molecule has 0 saturated carbocycles. The molecule has 1 heterocycles. The van der Waals surface area contributed by atoms with Gasteiger partial charge in [0, 0.05) is 21.2 Å². The molecule has 14 heteroatoms. The van der Waals surface area contributed by atoms with Crippen LogP contribution in [0.3, 0.4) is 0 Å². The number of hydrogen-bond donors (Lipinski definition) is 1. The Morgan fingerprint density at radius 2 is 1.76 bits per heavy atom. The zero-order chi connectivity index (χ0) is 24.9. The van der Waals surface area contributed by atoms with E-state index < -0.39 is 21.9 Å². The van der Waals surface area contributed by atoms with E-state index in [-0.39, 0.29) is 23.0 Å². The number of esters is 1. The number of methoxy groups -OCH3 is 1. The monoisotopic (exact) mass is 560 g/mol. The van der Waals surface area contributed by atoms with E-state index in [1.807, 2.05) is 0 Å². The second kappa shape index (κ2) is 11.4. The van der Waals surface area contributed by atoms with E-state index in [4.69, 9.17) is 23.2 Å². The summed E-state index contributed by atoms with van der Waals surface area (Å²) in [6.07, 6.45) is 1.07. The second-order valence-electron chi connectivity index (χ2n) is 6.71. The van der Waals surface area contributed by atoms with Crippen molar-refractivity contribution in [1.29, 1.82) is 0 Å². The third kappa shape index (κ3) is 6.83. The minimum atomic E-state index is -3.68. The van der Waals surface area contributed by atoms with E-state index in [9.17, 15) is 18.0 Å². The molecule has 3 aromatic rings. The van der Waals surface area contributed by atoms with Crippen molar-refractivity contribution >= 4 is 79.0 Å². The average Bonchev–Trinajstić information content (AvgIpc) is 3.23. The van der Waals surface area contributed by atoms with Gasteiger partial charge in [-0.2, -0.15) is 0 Å². The normalized spacial score (nSPS) is 11.2. The van der Waals surface area contributed by atoms with Crippen LogP contribution >= 0.6 is 46.3 Å². The molecule has 0 bridgehead atoms. The van der Waals surface area contributed by atoms with Gasteiger partial charge in [-0.25, -0.2) is 8.42 Å². The molecular weight excluding hydrogens is 543 g/mol. The van der Waals surface area contributed by atoms with E-state index in [0.29, 0.717) is 25.6 Å². The number of benzene rings is 2. The number of sulfonamides is 1. The molecule has 180 valence electrons. The maximum atomic E-state index is 12.6. The van der Waals surface area contributed by atoms with Gasteiger partial charge in [0.1, 0.15) is 0 Å². The van der Waals surface area contributed by atoms with Gasteiger partial charge in [-0.1, -0.05) is 52.4 Å². The summed E-state index contributed by atoms with van der Waals surface area (Å²) in [5.74, 6) is -0.769. The SMILES string of the molecule is COC(=O)CSc1nnc(NC(=O)c2ccc(N(Cc3c(Cl)cccc3Cl)S(C)(=O)=O)cc2)s1. The lowest BCUT2D eigenvalue weighted by molar-refractivity contribution is -0.137. The Bertz CT molecular complexity index is 1280. The van der Waals surface area contributed by atoms with E-state index in [1.54, 1.807) is 18.2 Å². The highest BCUT2D eigenvalue weighted by atomic mass is 35.5. The minimum Gasteiger partial charge on any atom is -0.468 e. The van der Waals surface area contributed by atoms with Crippen LogP contribution in [0.25, 0.3) is 0 Å². The highest BCUT2D eigenvalue weighted by Gasteiger charge is 2.21. The molecule has 34 heavy (non-hydrogen) atoms. The zero-order valence-corrected chi connectivity index (χ0v) is 21.8. The summed E-state index contributed by atoms with van der Waals surface area (Å²) in [4.78, 5) is 23.8. The summed E-state index contributed by atoms with van der Waals surface area (Å²) in [5, 5.41) is 11.4. The molecule has 0 unspecified atom stereocenters. The number of anilines is 2. The van der Waals surface area contributed by atoms with Crippen molar-refractivity contribution in [1.82, 2.24) is 10.2 Å². The summed E-state index contributed by atoms with van der Waals surface area (Å²) >= 11 is 14.7. The van der Waals surface area contributed by atoms with E-state index in [2.05, 4.69) is 20.3 Å². The van der Waals surface area contributed by atoms with Crippen LogP contribution in [0.5, 0.6) is 0 Å². The van der Waals surface area contributed by atoms with Crippen molar-refractivity contribution in [2.75, 3.05) is 28.7 Å². The Kier molecular flexibility index (Phi) is 8.77. The van der Waals surface area contributed by atoms with Gasteiger partial charge in [0.15, 0.2) is 4.34 Å². The Morgan fingerprint density at radius 1 is 1.12 bits per heavy atom. The maximum Gasteiger partial charge on any atom is 0.316 e. The molecule has 9 nitrogen and oxygen atoms in total. The van der Waals surface area contributed by atoms with Gasteiger partial charge in [-0.05, 0) is 36.4 Å². The lowest BCUT2D eigenvalue weighted by Gasteiger charge is -2.23. The molecule has 0 radical (unpaired) electrons. The third-order valence-corrected chi connectivity index (χ3v) is 8.14. The number of carbonyl (C=O) groups is 2. The Labute approximate surface area is 214 Å². The number of ether oxygens (including phenoxy) is 1. The lowest BCUT2D eigenvalue weighted by atomic mass is 10.1. The molecule has 0 atom stereocenters. The van der Waals surface area contributed by atoms with Gasteiger partial charge < -0.3 is 4.74 Å². The van der Waals surface area contributed by atoms with E-state index in [1.165, 1.54) is 31.4 Å². The van der Waals surface area contributed by atoms with Crippen molar-refractivity contribution in [3.63, 3.8) is 0 Å². The second-order valence-corrected chi connectivity index (χ2v) is 11.6. The van der Waals surface area contributed by atoms with Crippen molar-refractivity contribution < 1.29 is 22.7 Å². The zero-order valence-electron chi connectivity index (χ0n) is 17.8. The van der Waals surface area contributed by atoms with Crippen molar-refractivity contribution in [3.8, 4) is 0 Å². The maximum absolute atomic E-state index is 12.6. The van der Waals surface area contributed by atoms with Crippen molar-refractivity contribution in [2.45, 2.75) is 10.9 Å². The molecular formula is C20H18Cl2N4O5S3. The molecule has 1 N–H and O–H groups in total. The molecule has 0 aliphatic carbocycles. The number of thioether (sulfide) groups is 1. The third-order valence-electron chi connectivity index (χ3n) is 4.35. The summed E-state index contributed by atoms with van der Waals surface area (Å²) < 4.78 is 31.1. The molecule has 1 aromatic heterocycles. The number of aromatic nitrogens is 2. The van der Waals surface area contributed by atoms with Gasteiger partial charge in [0.05, 0.1) is 31.4 Å². The van der Waals surface area contributed by atoms with Crippen LogP contribution in [0.15, 0.2) is 46.8 Å². The summed E-state index contributed by atoms with van der Waals surface area (Å²) in [6, 6.07) is 10.9. The van der Waals surface area contributed by atoms with Crippen molar-refractivity contribution in [2.24, 2.45) is 0 Å². The van der Waals surface area contributed by atoms with Crippen LogP contribution in [0.2, 0.25) is 10.0 Å². The first-order chi connectivity index (χ1) is 16.1. The number of hydrogen-bond acceptors (Lipinski definition) is 9. The fourth-order valence-corrected chi connectivity index (χ4v) is 5.64. The van der Waals surface area contributed by atoms with Gasteiger partial charge >= 0.3 is 5.97 Å². The Balaban J connectivity index is 1.73. The largest absolute Gasteiger partial charge is 0.468 e. The van der Waals surface area contributed by atoms with E-state index in [0.717, 1.165) is 33.7 Å². The highest BCUT2D eigenvalue weighted by Crippen LogP contribution is 2.30. The van der Waals surface area contributed by atoms with Gasteiger partial charge in [0.25, 0.3) is 5.91 Å². The smallest absolute Gasteiger partial charge is 0.316 e. The molecule has 1 amide bonds. The minimum absolute atomic E-state index is 0.0698. The van der Waals surface area contributed by atoms with Gasteiger partial charge in [0.2, 0.25) is 15.2 Å².